The van der Waals surface area contributed by atoms with Crippen molar-refractivity contribution in [1.82, 2.24) is 4.90 Å². The highest BCUT2D eigenvalue weighted by molar-refractivity contribution is 5.76. The molecule has 0 spiro atoms. The molecule has 4 heteroatoms. The molecule has 0 aliphatic carbocycles. The highest BCUT2D eigenvalue weighted by atomic mass is 16.1. The van der Waals surface area contributed by atoms with E-state index in [1.807, 2.05) is 6.92 Å². The quantitative estimate of drug-likeness (QED) is 0.712. The van der Waals surface area contributed by atoms with Gasteiger partial charge in [0.2, 0.25) is 5.91 Å². The van der Waals surface area contributed by atoms with Crippen molar-refractivity contribution >= 4 is 5.91 Å². The molecule has 0 radical (unpaired) electrons. The van der Waals surface area contributed by atoms with Gasteiger partial charge in [-0.25, -0.2) is 0 Å². The minimum atomic E-state index is -0.183. The van der Waals surface area contributed by atoms with Gasteiger partial charge in [0.25, 0.3) is 0 Å². The number of rotatable bonds is 3. The lowest BCUT2D eigenvalue weighted by Crippen LogP contribution is -2.42. The fourth-order valence-electron chi connectivity index (χ4n) is 1.89. The van der Waals surface area contributed by atoms with Crippen LogP contribution in [0.4, 0.5) is 0 Å². The molecular weight excluding hydrogens is 178 g/mol. The van der Waals surface area contributed by atoms with Gasteiger partial charge in [-0.15, -0.1) is 0 Å². The van der Waals surface area contributed by atoms with Crippen LogP contribution in [0.2, 0.25) is 0 Å². The lowest BCUT2D eigenvalue weighted by molar-refractivity contribution is -0.123. The summed E-state index contributed by atoms with van der Waals surface area (Å²) >= 11 is 0. The number of hydrogen-bond donors (Lipinski definition) is 1. The van der Waals surface area contributed by atoms with Gasteiger partial charge in [-0.1, -0.05) is 0 Å². The Kier molecular flexibility index (Phi) is 3.90. The van der Waals surface area contributed by atoms with Crippen LogP contribution in [-0.2, 0) is 4.79 Å². The summed E-state index contributed by atoms with van der Waals surface area (Å²) in [7, 11) is 0. The van der Waals surface area contributed by atoms with Crippen LogP contribution in [0.5, 0.6) is 0 Å². The van der Waals surface area contributed by atoms with Crippen molar-refractivity contribution in [3.63, 3.8) is 0 Å². The van der Waals surface area contributed by atoms with Crippen molar-refractivity contribution in [1.29, 1.82) is 5.26 Å². The molecule has 1 atom stereocenters. The number of likely N-dealkylation sites (tertiary alicyclic amines) is 1. The SMILES string of the molecule is CC(CC#N)N1CCC(C(N)=O)CC1. The zero-order chi connectivity index (χ0) is 10.6. The molecule has 0 bridgehead atoms. The summed E-state index contributed by atoms with van der Waals surface area (Å²) in [6.07, 6.45) is 2.23. The number of amides is 1. The van der Waals surface area contributed by atoms with E-state index in [4.69, 9.17) is 11.0 Å². The van der Waals surface area contributed by atoms with Crippen LogP contribution in [-0.4, -0.2) is 29.9 Å². The third kappa shape index (κ3) is 2.71. The number of piperidine rings is 1. The topological polar surface area (TPSA) is 70.1 Å². The first-order chi connectivity index (χ1) is 6.65. The molecule has 14 heavy (non-hydrogen) atoms. The summed E-state index contributed by atoms with van der Waals surface area (Å²) < 4.78 is 0. The van der Waals surface area contributed by atoms with Gasteiger partial charge >= 0.3 is 0 Å². The Labute approximate surface area is 84.7 Å². The molecular formula is C10H17N3O. The summed E-state index contributed by atoms with van der Waals surface area (Å²) in [6.45, 7) is 3.82. The van der Waals surface area contributed by atoms with E-state index in [9.17, 15) is 4.79 Å². The van der Waals surface area contributed by atoms with E-state index in [2.05, 4.69) is 11.0 Å². The first-order valence-electron chi connectivity index (χ1n) is 5.05. The minimum absolute atomic E-state index is 0.0422. The van der Waals surface area contributed by atoms with Crippen molar-refractivity contribution < 1.29 is 4.79 Å². The van der Waals surface area contributed by atoms with Gasteiger partial charge in [0, 0.05) is 12.0 Å². The van der Waals surface area contributed by atoms with Crippen molar-refractivity contribution in [3.05, 3.63) is 0 Å². The third-order valence-electron chi connectivity index (χ3n) is 2.94. The first-order valence-corrected chi connectivity index (χ1v) is 5.05. The summed E-state index contributed by atoms with van der Waals surface area (Å²) in [6, 6.07) is 2.47. The minimum Gasteiger partial charge on any atom is -0.369 e. The monoisotopic (exact) mass is 195 g/mol. The molecule has 0 aromatic heterocycles. The van der Waals surface area contributed by atoms with Gasteiger partial charge in [-0.05, 0) is 32.9 Å². The number of nitrogens with two attached hydrogens (primary N) is 1. The summed E-state index contributed by atoms with van der Waals surface area (Å²) in [5.41, 5.74) is 5.24. The molecule has 1 fully saturated rings. The predicted octanol–water partition coefficient (Wildman–Crippen LogP) is 0.486. The third-order valence-corrected chi connectivity index (χ3v) is 2.94. The first kappa shape index (κ1) is 11.0. The zero-order valence-electron chi connectivity index (χ0n) is 8.57. The van der Waals surface area contributed by atoms with E-state index >= 15 is 0 Å². The second kappa shape index (κ2) is 4.97. The maximum Gasteiger partial charge on any atom is 0.220 e. The van der Waals surface area contributed by atoms with Crippen LogP contribution in [0.15, 0.2) is 0 Å². The van der Waals surface area contributed by atoms with Crippen LogP contribution < -0.4 is 5.73 Å². The largest absolute Gasteiger partial charge is 0.369 e. The van der Waals surface area contributed by atoms with Crippen molar-refractivity contribution in [2.75, 3.05) is 13.1 Å². The molecule has 0 aromatic carbocycles. The highest BCUT2D eigenvalue weighted by Gasteiger charge is 2.25. The van der Waals surface area contributed by atoms with E-state index in [1.165, 1.54) is 0 Å². The van der Waals surface area contributed by atoms with Gasteiger partial charge in [0.05, 0.1) is 12.5 Å². The molecule has 4 nitrogen and oxygen atoms in total. The van der Waals surface area contributed by atoms with Crippen LogP contribution in [0.1, 0.15) is 26.2 Å². The number of carbonyl (C=O) groups excluding carboxylic acids is 1. The Balaban J connectivity index is 2.36. The molecule has 1 heterocycles. The van der Waals surface area contributed by atoms with E-state index in [0.29, 0.717) is 12.5 Å². The summed E-state index contributed by atoms with van der Waals surface area (Å²) in [5.74, 6) is -0.141. The molecule has 78 valence electrons. The fraction of sp³-hybridized carbons (Fsp3) is 0.800. The van der Waals surface area contributed by atoms with Crippen LogP contribution in [0, 0.1) is 17.2 Å². The van der Waals surface area contributed by atoms with Gasteiger partial charge in [-0.3, -0.25) is 9.69 Å². The van der Waals surface area contributed by atoms with Crippen molar-refractivity contribution in [2.24, 2.45) is 11.7 Å². The summed E-state index contributed by atoms with van der Waals surface area (Å²) in [4.78, 5) is 13.2. The Morgan fingerprint density at radius 3 is 2.64 bits per heavy atom. The molecule has 0 aromatic rings. The molecule has 1 amide bonds. The second-order valence-electron chi connectivity index (χ2n) is 3.92. The molecule has 1 unspecified atom stereocenters. The van der Waals surface area contributed by atoms with Gasteiger partial charge < -0.3 is 5.73 Å². The number of primary amides is 1. The highest BCUT2D eigenvalue weighted by Crippen LogP contribution is 2.19. The maximum absolute atomic E-state index is 10.9. The van der Waals surface area contributed by atoms with Crippen LogP contribution >= 0.6 is 0 Å². The average molecular weight is 195 g/mol. The van der Waals surface area contributed by atoms with Gasteiger partial charge in [-0.2, -0.15) is 5.26 Å². The van der Waals surface area contributed by atoms with E-state index in [-0.39, 0.29) is 11.8 Å². The number of nitriles is 1. The van der Waals surface area contributed by atoms with Crippen LogP contribution in [0.25, 0.3) is 0 Å². The molecule has 1 aliphatic rings. The molecule has 1 saturated heterocycles. The second-order valence-corrected chi connectivity index (χ2v) is 3.92. The normalized spacial score (nSPS) is 21.4. The number of nitrogens with zero attached hydrogens (tertiary/aromatic N) is 2. The maximum atomic E-state index is 10.9. The average Bonchev–Trinajstić information content (AvgIpc) is 2.18. The summed E-state index contributed by atoms with van der Waals surface area (Å²) in [5, 5.41) is 8.56. The van der Waals surface area contributed by atoms with Crippen molar-refractivity contribution in [3.8, 4) is 6.07 Å². The van der Waals surface area contributed by atoms with E-state index in [1.54, 1.807) is 0 Å². The Morgan fingerprint density at radius 1 is 1.64 bits per heavy atom. The molecule has 1 aliphatic heterocycles. The van der Waals surface area contributed by atoms with E-state index in [0.717, 1.165) is 25.9 Å². The standard InChI is InChI=1S/C10H17N3O/c1-8(2-5-11)13-6-3-9(4-7-13)10(12)14/h8-9H,2-4,6-7H2,1H3,(H2,12,14). The van der Waals surface area contributed by atoms with Gasteiger partial charge in [0.15, 0.2) is 0 Å². The Hall–Kier alpha value is -1.08. The lowest BCUT2D eigenvalue weighted by Gasteiger charge is -2.34. The van der Waals surface area contributed by atoms with Crippen molar-refractivity contribution in [2.45, 2.75) is 32.2 Å². The zero-order valence-corrected chi connectivity index (χ0v) is 8.57. The number of carbonyl (C=O) groups is 1. The van der Waals surface area contributed by atoms with Gasteiger partial charge in [0.1, 0.15) is 0 Å². The molecule has 0 saturated carbocycles. The lowest BCUT2D eigenvalue weighted by atomic mass is 9.95. The smallest absolute Gasteiger partial charge is 0.220 e. The van der Waals surface area contributed by atoms with E-state index < -0.39 is 0 Å². The Bertz CT molecular complexity index is 238. The number of hydrogen-bond acceptors (Lipinski definition) is 3. The molecule has 2 N–H and O–H groups in total. The molecule has 1 rings (SSSR count). The fourth-order valence-corrected chi connectivity index (χ4v) is 1.89. The predicted molar refractivity (Wildman–Crippen MR) is 53.2 cm³/mol. The Morgan fingerprint density at radius 2 is 2.21 bits per heavy atom. The van der Waals surface area contributed by atoms with Crippen LogP contribution in [0.3, 0.4) is 0 Å².